The van der Waals surface area contributed by atoms with Gasteiger partial charge in [0.25, 0.3) is 5.91 Å². The van der Waals surface area contributed by atoms with Gasteiger partial charge in [-0.1, -0.05) is 0 Å². The summed E-state index contributed by atoms with van der Waals surface area (Å²) in [6.07, 6.45) is 1.41. The Labute approximate surface area is 108 Å². The van der Waals surface area contributed by atoms with E-state index in [1.54, 1.807) is 0 Å². The molecule has 6 nitrogen and oxygen atoms in total. The Bertz CT molecular complexity index is 623. The number of primary amides is 1. The van der Waals surface area contributed by atoms with E-state index >= 15 is 0 Å². The standard InChI is InChI=1S/C13H11N3O3/c14-12(18)8-3-5-9(6-4-8)16-13(19)11-10(17)2-1-7-15-11/h1-7,17H,(H2,14,18)(H,16,19). The van der Waals surface area contributed by atoms with E-state index in [-0.39, 0.29) is 11.4 Å². The van der Waals surface area contributed by atoms with Crippen LogP contribution in [-0.2, 0) is 0 Å². The van der Waals surface area contributed by atoms with Crippen LogP contribution in [0.4, 0.5) is 5.69 Å². The van der Waals surface area contributed by atoms with Gasteiger partial charge < -0.3 is 16.2 Å². The highest BCUT2D eigenvalue weighted by molar-refractivity contribution is 6.04. The molecular weight excluding hydrogens is 246 g/mol. The second kappa shape index (κ2) is 5.18. The van der Waals surface area contributed by atoms with E-state index in [1.165, 1.54) is 42.6 Å². The number of amides is 2. The number of aromatic hydroxyl groups is 1. The van der Waals surface area contributed by atoms with Gasteiger partial charge in [-0.3, -0.25) is 9.59 Å². The van der Waals surface area contributed by atoms with Crippen LogP contribution < -0.4 is 11.1 Å². The van der Waals surface area contributed by atoms with Gasteiger partial charge in [0.1, 0.15) is 5.75 Å². The number of nitrogens with two attached hydrogens (primary N) is 1. The molecule has 0 bridgehead atoms. The van der Waals surface area contributed by atoms with Crippen LogP contribution >= 0.6 is 0 Å². The van der Waals surface area contributed by atoms with Crippen molar-refractivity contribution >= 4 is 17.5 Å². The Hall–Kier alpha value is -2.89. The molecule has 0 saturated heterocycles. The van der Waals surface area contributed by atoms with Crippen LogP contribution in [0, 0.1) is 0 Å². The lowest BCUT2D eigenvalue weighted by Crippen LogP contribution is -2.14. The lowest BCUT2D eigenvalue weighted by molar-refractivity contribution is 0.0997. The molecule has 1 aromatic carbocycles. The summed E-state index contributed by atoms with van der Waals surface area (Å²) in [5.74, 6) is -1.28. The molecule has 0 saturated carbocycles. The molecule has 0 aliphatic rings. The van der Waals surface area contributed by atoms with Gasteiger partial charge in [0, 0.05) is 17.4 Å². The van der Waals surface area contributed by atoms with Crippen molar-refractivity contribution in [3.05, 3.63) is 53.9 Å². The van der Waals surface area contributed by atoms with Gasteiger partial charge in [-0.2, -0.15) is 0 Å². The lowest BCUT2D eigenvalue weighted by atomic mass is 10.2. The predicted octanol–water partition coefficient (Wildman–Crippen LogP) is 1.14. The molecular formula is C13H11N3O3. The number of anilines is 1. The maximum Gasteiger partial charge on any atom is 0.278 e. The molecule has 2 rings (SSSR count). The van der Waals surface area contributed by atoms with Crippen LogP contribution in [0.5, 0.6) is 5.75 Å². The summed E-state index contributed by atoms with van der Waals surface area (Å²) in [6, 6.07) is 8.97. The first-order valence-electron chi connectivity index (χ1n) is 5.43. The van der Waals surface area contributed by atoms with Crippen molar-refractivity contribution in [3.8, 4) is 5.75 Å². The van der Waals surface area contributed by atoms with Gasteiger partial charge in [-0.15, -0.1) is 0 Å². The minimum Gasteiger partial charge on any atom is -0.505 e. The lowest BCUT2D eigenvalue weighted by Gasteiger charge is -2.06. The van der Waals surface area contributed by atoms with Crippen LogP contribution in [0.15, 0.2) is 42.6 Å². The van der Waals surface area contributed by atoms with E-state index in [4.69, 9.17) is 5.73 Å². The summed E-state index contributed by atoms with van der Waals surface area (Å²) in [5.41, 5.74) is 5.86. The summed E-state index contributed by atoms with van der Waals surface area (Å²) >= 11 is 0. The third-order valence-electron chi connectivity index (χ3n) is 2.43. The molecule has 1 aromatic heterocycles. The molecule has 0 aliphatic carbocycles. The van der Waals surface area contributed by atoms with Crippen molar-refractivity contribution in [1.29, 1.82) is 0 Å². The maximum atomic E-state index is 11.8. The molecule has 1 heterocycles. The Kier molecular flexibility index (Phi) is 3.42. The zero-order valence-electron chi connectivity index (χ0n) is 9.83. The van der Waals surface area contributed by atoms with Crippen molar-refractivity contribution in [2.45, 2.75) is 0 Å². The Morgan fingerprint density at radius 1 is 1.16 bits per heavy atom. The maximum absolute atomic E-state index is 11.8. The average Bonchev–Trinajstić information content (AvgIpc) is 2.39. The third kappa shape index (κ3) is 2.86. The van der Waals surface area contributed by atoms with Crippen LogP contribution in [-0.4, -0.2) is 21.9 Å². The topological polar surface area (TPSA) is 105 Å². The summed E-state index contributed by atoms with van der Waals surface area (Å²) in [6.45, 7) is 0. The monoisotopic (exact) mass is 257 g/mol. The molecule has 0 unspecified atom stereocenters. The number of rotatable bonds is 3. The number of carbonyl (C=O) groups excluding carboxylic acids is 2. The number of pyridine rings is 1. The molecule has 4 N–H and O–H groups in total. The number of nitrogens with one attached hydrogen (secondary N) is 1. The van der Waals surface area contributed by atoms with Gasteiger partial charge >= 0.3 is 0 Å². The molecule has 96 valence electrons. The Balaban J connectivity index is 2.15. The highest BCUT2D eigenvalue weighted by Gasteiger charge is 2.12. The number of benzene rings is 1. The van der Waals surface area contributed by atoms with E-state index in [2.05, 4.69) is 10.3 Å². The van der Waals surface area contributed by atoms with Gasteiger partial charge in [0.05, 0.1) is 0 Å². The van der Waals surface area contributed by atoms with E-state index in [9.17, 15) is 14.7 Å². The minimum absolute atomic E-state index is 0.0681. The van der Waals surface area contributed by atoms with Crippen molar-refractivity contribution < 1.29 is 14.7 Å². The van der Waals surface area contributed by atoms with Crippen LogP contribution in [0.3, 0.4) is 0 Å². The minimum atomic E-state index is -0.541. The predicted molar refractivity (Wildman–Crippen MR) is 68.8 cm³/mol. The first-order chi connectivity index (χ1) is 9.08. The molecule has 6 heteroatoms. The fourth-order valence-corrected chi connectivity index (χ4v) is 1.48. The van der Waals surface area contributed by atoms with Gasteiger partial charge in [-0.25, -0.2) is 4.98 Å². The Morgan fingerprint density at radius 2 is 1.84 bits per heavy atom. The number of hydrogen-bond donors (Lipinski definition) is 3. The van der Waals surface area contributed by atoms with E-state index in [0.717, 1.165) is 0 Å². The SMILES string of the molecule is NC(=O)c1ccc(NC(=O)c2ncccc2O)cc1. The number of hydrogen-bond acceptors (Lipinski definition) is 4. The van der Waals surface area contributed by atoms with E-state index in [0.29, 0.717) is 11.3 Å². The zero-order valence-corrected chi connectivity index (χ0v) is 9.83. The van der Waals surface area contributed by atoms with Gasteiger partial charge in [0.2, 0.25) is 5.91 Å². The van der Waals surface area contributed by atoms with Gasteiger partial charge in [0.15, 0.2) is 5.69 Å². The Morgan fingerprint density at radius 3 is 2.42 bits per heavy atom. The summed E-state index contributed by atoms with van der Waals surface area (Å²) in [5, 5.41) is 12.0. The second-order valence-corrected chi connectivity index (χ2v) is 3.77. The summed E-state index contributed by atoms with van der Waals surface area (Å²) in [4.78, 5) is 26.5. The van der Waals surface area contributed by atoms with E-state index in [1.807, 2.05) is 0 Å². The molecule has 0 aliphatic heterocycles. The van der Waals surface area contributed by atoms with E-state index < -0.39 is 11.8 Å². The molecule has 0 atom stereocenters. The van der Waals surface area contributed by atoms with Crippen LogP contribution in [0.25, 0.3) is 0 Å². The fraction of sp³-hybridized carbons (Fsp3) is 0. The van der Waals surface area contributed by atoms with Crippen molar-refractivity contribution in [1.82, 2.24) is 4.98 Å². The highest BCUT2D eigenvalue weighted by atomic mass is 16.3. The number of nitrogens with zero attached hydrogens (tertiary/aromatic N) is 1. The average molecular weight is 257 g/mol. The highest BCUT2D eigenvalue weighted by Crippen LogP contribution is 2.15. The first kappa shape index (κ1) is 12.6. The van der Waals surface area contributed by atoms with Crippen molar-refractivity contribution in [2.75, 3.05) is 5.32 Å². The number of carbonyl (C=O) groups is 2. The fourth-order valence-electron chi connectivity index (χ4n) is 1.48. The van der Waals surface area contributed by atoms with Crippen LogP contribution in [0.2, 0.25) is 0 Å². The third-order valence-corrected chi connectivity index (χ3v) is 2.43. The molecule has 2 aromatic rings. The molecule has 0 fully saturated rings. The number of aromatic nitrogens is 1. The molecule has 0 radical (unpaired) electrons. The van der Waals surface area contributed by atoms with Crippen molar-refractivity contribution in [2.24, 2.45) is 5.73 Å². The molecule has 19 heavy (non-hydrogen) atoms. The smallest absolute Gasteiger partial charge is 0.278 e. The zero-order chi connectivity index (χ0) is 13.8. The quantitative estimate of drug-likeness (QED) is 0.766. The molecule has 2 amide bonds. The van der Waals surface area contributed by atoms with Gasteiger partial charge in [-0.05, 0) is 36.4 Å². The largest absolute Gasteiger partial charge is 0.505 e. The van der Waals surface area contributed by atoms with Crippen molar-refractivity contribution in [3.63, 3.8) is 0 Å². The molecule has 0 spiro atoms. The van der Waals surface area contributed by atoms with Crippen LogP contribution in [0.1, 0.15) is 20.8 Å². The normalized spacial score (nSPS) is 9.89. The second-order valence-electron chi connectivity index (χ2n) is 3.77. The summed E-state index contributed by atoms with van der Waals surface area (Å²) in [7, 11) is 0. The first-order valence-corrected chi connectivity index (χ1v) is 5.43. The summed E-state index contributed by atoms with van der Waals surface area (Å²) < 4.78 is 0.